The van der Waals surface area contributed by atoms with Crippen molar-refractivity contribution >= 4 is 60.6 Å². The van der Waals surface area contributed by atoms with Crippen molar-refractivity contribution in [1.82, 2.24) is 19.2 Å². The Morgan fingerprint density at radius 2 is 2.02 bits per heavy atom. The maximum atomic E-state index is 13.3. The Labute approximate surface area is 256 Å². The molecule has 1 unspecified atom stereocenters. The van der Waals surface area contributed by atoms with Crippen LogP contribution in [0.2, 0.25) is 5.02 Å². The zero-order chi connectivity index (χ0) is 30.3. The molecule has 1 atom stereocenters. The van der Waals surface area contributed by atoms with Crippen molar-refractivity contribution in [3.05, 3.63) is 65.4 Å². The van der Waals surface area contributed by atoms with Crippen LogP contribution < -0.4 is 9.74 Å². The Morgan fingerprint density at radius 3 is 2.67 bits per heavy atom. The second kappa shape index (κ2) is 12.1. The molecular formula is C25H25BrClF2N5O6S2. The van der Waals surface area contributed by atoms with Crippen molar-refractivity contribution in [2.75, 3.05) is 19.3 Å². The number of carbonyl (C=O) groups excluding carboxylic acids is 1. The van der Waals surface area contributed by atoms with Gasteiger partial charge in [-0.3, -0.25) is 14.3 Å². The molecule has 5 rings (SSSR count). The summed E-state index contributed by atoms with van der Waals surface area (Å²) in [5.41, 5.74) is 0.455. The van der Waals surface area contributed by atoms with Crippen molar-refractivity contribution in [3.8, 4) is 5.75 Å². The molecule has 0 saturated carbocycles. The van der Waals surface area contributed by atoms with E-state index in [2.05, 4.69) is 21.1 Å². The van der Waals surface area contributed by atoms with Gasteiger partial charge in [0.25, 0.3) is 12.0 Å². The number of piperidine rings is 1. The lowest BCUT2D eigenvalue weighted by atomic mass is 9.97. The Bertz CT molecular complexity index is 1720. The highest BCUT2D eigenvalue weighted by Crippen LogP contribution is 2.40. The fourth-order valence-corrected chi connectivity index (χ4v) is 7.40. The molecule has 2 aliphatic rings. The van der Waals surface area contributed by atoms with Crippen LogP contribution >= 0.6 is 38.9 Å². The van der Waals surface area contributed by atoms with Gasteiger partial charge in [-0.15, -0.1) is 11.3 Å². The van der Waals surface area contributed by atoms with Crippen LogP contribution in [0.25, 0.3) is 0 Å². The maximum Gasteiger partial charge on any atom is 0.306 e. The number of nitrogens with zero attached hydrogens (tertiary/aromatic N) is 5. The first-order valence-electron chi connectivity index (χ1n) is 12.7. The lowest BCUT2D eigenvalue weighted by molar-refractivity contribution is -0.133. The molecule has 2 aromatic heterocycles. The number of likely N-dealkylation sites (tertiary alicyclic amines) is 1. The quantitative estimate of drug-likeness (QED) is 0.313. The summed E-state index contributed by atoms with van der Waals surface area (Å²) in [6.45, 7) is 0.528. The summed E-state index contributed by atoms with van der Waals surface area (Å²) in [5.74, 6) is -0.153. The number of thiazole rings is 1. The summed E-state index contributed by atoms with van der Waals surface area (Å²) in [6.07, 6.45) is -0.973. The molecule has 4 heterocycles. The Balaban J connectivity index is 1.20. The number of hydrogen-bond donors (Lipinski definition) is 0. The molecule has 2 aliphatic heterocycles. The summed E-state index contributed by atoms with van der Waals surface area (Å²) in [7, 11) is -2.46. The predicted octanol–water partition coefficient (Wildman–Crippen LogP) is 4.61. The van der Waals surface area contributed by atoms with E-state index in [0.717, 1.165) is 20.6 Å². The summed E-state index contributed by atoms with van der Waals surface area (Å²) in [5, 5.41) is 7.22. The smallest absolute Gasteiger partial charge is 0.306 e. The minimum atomic E-state index is -3.79. The largest absolute Gasteiger partial charge is 0.387 e. The first kappa shape index (κ1) is 30.6. The third-order valence-electron chi connectivity index (χ3n) is 7.11. The highest BCUT2D eigenvalue weighted by molar-refractivity contribution is 9.10. The fraction of sp³-hybridized carbons (Fsp3) is 0.440. The van der Waals surface area contributed by atoms with Gasteiger partial charge in [-0.2, -0.15) is 8.42 Å². The maximum absolute atomic E-state index is 13.3. The monoisotopic (exact) mass is 707 g/mol. The summed E-state index contributed by atoms with van der Waals surface area (Å²) in [6, 6.07) is 4.70. The van der Waals surface area contributed by atoms with Crippen molar-refractivity contribution in [2.24, 2.45) is 12.2 Å². The third-order valence-corrected chi connectivity index (χ3v) is 9.67. The van der Waals surface area contributed by atoms with Crippen LogP contribution in [0.15, 0.2) is 38.0 Å². The van der Waals surface area contributed by atoms with Gasteiger partial charge in [-0.25, -0.2) is 18.4 Å². The zero-order valence-corrected chi connectivity index (χ0v) is 26.3. The number of alkyl halides is 2. The van der Waals surface area contributed by atoms with E-state index < -0.39 is 33.9 Å². The Hall–Kier alpha value is -2.82. The first-order valence-corrected chi connectivity index (χ1v) is 16.6. The van der Waals surface area contributed by atoms with E-state index in [9.17, 15) is 26.8 Å². The molecule has 0 bridgehead atoms. The van der Waals surface area contributed by atoms with Crippen molar-refractivity contribution in [1.29, 1.82) is 0 Å². The standard InChI is InChI=1S/C25H25BrClF2N5O6S2/c1-32-22(23(28)29)21(26)25(36)34(32)11-19(35)33-8-6-13(7-9-33)24-30-16(12-41-24)15-10-18(39-31-15)20-14(27)4-3-5-17(20)40-42(2,37)38/h3-5,12-13,18,23H,6-11H2,1-2H3. The first-order chi connectivity index (χ1) is 19.8. The predicted molar refractivity (Wildman–Crippen MR) is 155 cm³/mol. The zero-order valence-electron chi connectivity index (χ0n) is 22.3. The van der Waals surface area contributed by atoms with E-state index in [1.54, 1.807) is 17.0 Å². The highest BCUT2D eigenvalue weighted by Gasteiger charge is 2.32. The van der Waals surface area contributed by atoms with Crippen molar-refractivity contribution < 1.29 is 31.0 Å². The number of amides is 1. The number of hydrogen-bond acceptors (Lipinski definition) is 9. The topological polar surface area (TPSA) is 125 Å². The molecule has 1 aromatic carbocycles. The summed E-state index contributed by atoms with van der Waals surface area (Å²) < 4.78 is 56.9. The Morgan fingerprint density at radius 1 is 1.31 bits per heavy atom. The minimum absolute atomic E-state index is 0.0748. The molecule has 0 radical (unpaired) electrons. The van der Waals surface area contributed by atoms with Crippen LogP contribution in [0, 0.1) is 0 Å². The average molecular weight is 709 g/mol. The molecule has 17 heteroatoms. The van der Waals surface area contributed by atoms with Gasteiger partial charge in [-0.1, -0.05) is 22.8 Å². The highest BCUT2D eigenvalue weighted by atomic mass is 79.9. The lowest BCUT2D eigenvalue weighted by Gasteiger charge is -2.31. The van der Waals surface area contributed by atoms with E-state index in [1.807, 2.05) is 5.38 Å². The van der Waals surface area contributed by atoms with Gasteiger partial charge in [0.2, 0.25) is 5.91 Å². The van der Waals surface area contributed by atoms with Crippen molar-refractivity contribution in [3.63, 3.8) is 0 Å². The number of carbonyl (C=O) groups is 1. The summed E-state index contributed by atoms with van der Waals surface area (Å²) >= 11 is 10.7. The number of halogens is 4. The molecule has 226 valence electrons. The number of rotatable bonds is 8. The molecule has 3 aromatic rings. The number of benzene rings is 1. The van der Waals surface area contributed by atoms with E-state index in [0.29, 0.717) is 49.3 Å². The normalized spacial score (nSPS) is 17.9. The van der Waals surface area contributed by atoms with Gasteiger partial charge >= 0.3 is 10.1 Å². The Kier molecular flexibility index (Phi) is 8.79. The van der Waals surface area contributed by atoms with Gasteiger partial charge in [0.15, 0.2) is 11.9 Å². The van der Waals surface area contributed by atoms with Crippen LogP contribution in [0.1, 0.15) is 59.7 Å². The number of aromatic nitrogens is 3. The minimum Gasteiger partial charge on any atom is -0.387 e. The van der Waals surface area contributed by atoms with Crippen LogP contribution in [-0.2, 0) is 33.3 Å². The van der Waals surface area contributed by atoms with Crippen LogP contribution in [0.5, 0.6) is 5.75 Å². The third kappa shape index (κ3) is 6.26. The van der Waals surface area contributed by atoms with E-state index in [4.69, 9.17) is 25.6 Å². The molecule has 1 fully saturated rings. The molecule has 1 saturated heterocycles. The SMILES string of the molecule is Cn1c(C(F)F)c(Br)c(=O)n1CC(=O)N1CCC(c2nc(C3=NOC(c4c(Cl)cccc4OS(C)(=O)=O)C3)cs2)CC1. The van der Waals surface area contributed by atoms with E-state index in [1.165, 1.54) is 24.5 Å². The van der Waals surface area contributed by atoms with Gasteiger partial charge in [0.05, 0.1) is 27.5 Å². The summed E-state index contributed by atoms with van der Waals surface area (Å²) in [4.78, 5) is 37.3. The molecule has 11 nitrogen and oxygen atoms in total. The molecule has 0 spiro atoms. The van der Waals surface area contributed by atoms with E-state index in [-0.39, 0.29) is 33.6 Å². The molecule has 1 amide bonds. The fourth-order valence-electron chi connectivity index (χ4n) is 5.01. The van der Waals surface area contributed by atoms with Crippen LogP contribution in [0.4, 0.5) is 8.78 Å². The average Bonchev–Trinajstić information content (AvgIpc) is 3.64. The van der Waals surface area contributed by atoms with Gasteiger partial charge in [0.1, 0.15) is 22.4 Å². The molecule has 0 aliphatic carbocycles. The molecule has 42 heavy (non-hydrogen) atoms. The number of oxime groups is 1. The van der Waals surface area contributed by atoms with Crippen LogP contribution in [-0.4, -0.2) is 58.6 Å². The van der Waals surface area contributed by atoms with Crippen LogP contribution in [0.3, 0.4) is 0 Å². The second-order valence-corrected chi connectivity index (χ2v) is 13.6. The lowest BCUT2D eigenvalue weighted by Crippen LogP contribution is -2.41. The van der Waals surface area contributed by atoms with Gasteiger partial charge in [-0.05, 0) is 40.9 Å². The van der Waals surface area contributed by atoms with Gasteiger partial charge in [0, 0.05) is 37.9 Å². The molecular weight excluding hydrogens is 684 g/mol. The second-order valence-electron chi connectivity index (χ2n) is 9.89. The van der Waals surface area contributed by atoms with Gasteiger partial charge < -0.3 is 13.9 Å². The molecule has 0 N–H and O–H groups in total. The van der Waals surface area contributed by atoms with E-state index >= 15 is 0 Å². The van der Waals surface area contributed by atoms with Crippen molar-refractivity contribution in [2.45, 2.75) is 44.3 Å².